The zero-order valence-corrected chi connectivity index (χ0v) is 16.9. The number of piperazine rings is 1. The second-order valence-electron chi connectivity index (χ2n) is 8.19. The molecule has 3 aliphatic heterocycles. The van der Waals surface area contributed by atoms with Crippen LogP contribution in [-0.4, -0.2) is 62.5 Å². The summed E-state index contributed by atoms with van der Waals surface area (Å²) in [6.45, 7) is 2.04. The number of hydrogen-bond donors (Lipinski definition) is 0. The van der Waals surface area contributed by atoms with Gasteiger partial charge in [-0.1, -0.05) is 29.4 Å². The molecule has 32 heavy (non-hydrogen) atoms. The van der Waals surface area contributed by atoms with Crippen molar-refractivity contribution >= 4 is 34.3 Å². The van der Waals surface area contributed by atoms with Crippen molar-refractivity contribution in [2.75, 3.05) is 11.4 Å². The molecular formula is C22H16N6O4. The van der Waals surface area contributed by atoms with Gasteiger partial charge in [0.25, 0.3) is 11.8 Å². The van der Waals surface area contributed by atoms with Crippen LogP contribution < -0.4 is 4.90 Å². The van der Waals surface area contributed by atoms with E-state index in [0.717, 1.165) is 4.90 Å². The number of amides is 4. The molecule has 2 aromatic heterocycles. The maximum Gasteiger partial charge on any atom is 0.332 e. The Balaban J connectivity index is 1.38. The third-order valence-electron chi connectivity index (χ3n) is 6.49. The summed E-state index contributed by atoms with van der Waals surface area (Å²) in [7, 11) is 0. The number of nitriles is 1. The lowest BCUT2D eigenvalue weighted by Crippen LogP contribution is -2.54. The fourth-order valence-corrected chi connectivity index (χ4v) is 5.17. The van der Waals surface area contributed by atoms with E-state index >= 15 is 0 Å². The second-order valence-corrected chi connectivity index (χ2v) is 8.19. The summed E-state index contributed by atoms with van der Waals surface area (Å²) < 4.78 is 5.02. The SMILES string of the molecule is Cc1cc(C(=O)N2C[C@H]3CC2[C@@H]2C(=O)N(c4cnc(C#N)c5ccccc45)C(=O)N32)no1. The summed E-state index contributed by atoms with van der Waals surface area (Å²) in [5, 5.41) is 14.3. The number of urea groups is 1. The van der Waals surface area contributed by atoms with Crippen LogP contribution >= 0.6 is 0 Å². The second kappa shape index (κ2) is 6.37. The number of rotatable bonds is 2. The van der Waals surface area contributed by atoms with E-state index in [9.17, 15) is 19.6 Å². The minimum Gasteiger partial charge on any atom is -0.361 e. The predicted octanol–water partition coefficient (Wildman–Crippen LogP) is 1.84. The first kappa shape index (κ1) is 18.5. The molecule has 2 bridgehead atoms. The van der Waals surface area contributed by atoms with E-state index in [2.05, 4.69) is 10.1 Å². The number of aromatic nitrogens is 2. The van der Waals surface area contributed by atoms with E-state index in [1.165, 1.54) is 6.20 Å². The highest BCUT2D eigenvalue weighted by Crippen LogP contribution is 2.43. The molecule has 5 heterocycles. The van der Waals surface area contributed by atoms with E-state index in [1.807, 2.05) is 6.07 Å². The molecule has 6 rings (SSSR count). The largest absolute Gasteiger partial charge is 0.361 e. The lowest BCUT2D eigenvalue weighted by molar-refractivity contribution is -0.121. The summed E-state index contributed by atoms with van der Waals surface area (Å²) in [6.07, 6.45) is 1.94. The zero-order chi connectivity index (χ0) is 22.1. The molecule has 3 aromatic rings. The van der Waals surface area contributed by atoms with Gasteiger partial charge in [0.05, 0.1) is 24.0 Å². The Bertz CT molecular complexity index is 1370. The Morgan fingerprint density at radius 1 is 1.25 bits per heavy atom. The molecule has 10 heteroatoms. The first-order valence-corrected chi connectivity index (χ1v) is 10.2. The minimum atomic E-state index is -0.757. The molecule has 3 atom stereocenters. The third-order valence-corrected chi connectivity index (χ3v) is 6.49. The Morgan fingerprint density at radius 2 is 2.03 bits per heavy atom. The van der Waals surface area contributed by atoms with Gasteiger partial charge in [0.1, 0.15) is 23.6 Å². The molecule has 0 radical (unpaired) electrons. The van der Waals surface area contributed by atoms with Crippen LogP contribution in [0.15, 0.2) is 41.1 Å². The molecular weight excluding hydrogens is 412 g/mol. The standard InChI is InChI=1S/C22H16N6O4/c1-11-6-15(25-32-11)20(29)26-10-12-7-17(26)19-21(30)28(22(31)27(12)19)18-9-24-16(8-23)13-4-2-3-5-14(13)18/h2-6,9,12,17,19H,7,10H2,1H3/t12-,17?,19-/m1/s1. The van der Waals surface area contributed by atoms with Crippen molar-refractivity contribution in [1.82, 2.24) is 19.9 Å². The van der Waals surface area contributed by atoms with Gasteiger partial charge >= 0.3 is 6.03 Å². The Kier molecular flexibility index (Phi) is 3.68. The number of anilines is 1. The van der Waals surface area contributed by atoms with E-state index in [4.69, 9.17) is 4.52 Å². The smallest absolute Gasteiger partial charge is 0.332 e. The number of hydrogen-bond acceptors (Lipinski definition) is 7. The third kappa shape index (κ3) is 2.30. The molecule has 3 saturated heterocycles. The van der Waals surface area contributed by atoms with E-state index in [-0.39, 0.29) is 23.3 Å². The number of aryl methyl sites for hydroxylation is 1. The maximum absolute atomic E-state index is 13.5. The van der Waals surface area contributed by atoms with Crippen molar-refractivity contribution in [1.29, 1.82) is 5.26 Å². The number of carbonyl (C=O) groups is 3. The van der Waals surface area contributed by atoms with Crippen LogP contribution in [0.5, 0.6) is 0 Å². The highest BCUT2D eigenvalue weighted by molar-refractivity contribution is 6.25. The van der Waals surface area contributed by atoms with Gasteiger partial charge in [0, 0.05) is 23.4 Å². The first-order valence-electron chi connectivity index (χ1n) is 10.2. The van der Waals surface area contributed by atoms with Gasteiger partial charge in [-0.2, -0.15) is 5.26 Å². The number of benzene rings is 1. The highest BCUT2D eigenvalue weighted by atomic mass is 16.5. The number of fused-ring (bicyclic) bond motifs is 6. The van der Waals surface area contributed by atoms with Gasteiger partial charge in [-0.3, -0.25) is 9.59 Å². The molecule has 0 N–H and O–H groups in total. The summed E-state index contributed by atoms with van der Waals surface area (Å²) in [6, 6.07) is 8.80. The van der Waals surface area contributed by atoms with Crippen LogP contribution in [0.3, 0.4) is 0 Å². The minimum absolute atomic E-state index is 0.192. The molecule has 10 nitrogen and oxygen atoms in total. The lowest BCUT2D eigenvalue weighted by Gasteiger charge is -2.34. The monoisotopic (exact) mass is 428 g/mol. The molecule has 1 aromatic carbocycles. The van der Waals surface area contributed by atoms with Crippen LogP contribution in [0.2, 0.25) is 0 Å². The van der Waals surface area contributed by atoms with Crippen molar-refractivity contribution < 1.29 is 18.9 Å². The normalized spacial score (nSPS) is 23.9. The van der Waals surface area contributed by atoms with Gasteiger partial charge in [0.2, 0.25) is 0 Å². The topological polar surface area (TPSA) is 124 Å². The quantitative estimate of drug-likeness (QED) is 0.571. The van der Waals surface area contributed by atoms with Gasteiger partial charge in [-0.05, 0) is 13.3 Å². The number of imide groups is 1. The zero-order valence-electron chi connectivity index (χ0n) is 16.9. The highest BCUT2D eigenvalue weighted by Gasteiger charge is 2.63. The Morgan fingerprint density at radius 3 is 2.75 bits per heavy atom. The molecule has 3 fully saturated rings. The van der Waals surface area contributed by atoms with Crippen LogP contribution in [0.4, 0.5) is 10.5 Å². The summed E-state index contributed by atoms with van der Waals surface area (Å²) >= 11 is 0. The van der Waals surface area contributed by atoms with Crippen molar-refractivity contribution in [3.05, 3.63) is 53.7 Å². The molecule has 0 aliphatic carbocycles. The molecule has 4 amide bonds. The van der Waals surface area contributed by atoms with Crippen LogP contribution in [0.25, 0.3) is 10.8 Å². The molecule has 3 aliphatic rings. The van der Waals surface area contributed by atoms with Crippen LogP contribution in [-0.2, 0) is 4.79 Å². The van der Waals surface area contributed by atoms with Gasteiger partial charge in [-0.25, -0.2) is 14.7 Å². The van der Waals surface area contributed by atoms with Crippen LogP contribution in [0.1, 0.15) is 28.4 Å². The Hall–Kier alpha value is -4.26. The van der Waals surface area contributed by atoms with Crippen LogP contribution in [0, 0.1) is 18.3 Å². The summed E-state index contributed by atoms with van der Waals surface area (Å²) in [4.78, 5) is 48.3. The van der Waals surface area contributed by atoms with E-state index < -0.39 is 24.0 Å². The number of carbonyl (C=O) groups excluding carboxylic acids is 3. The molecule has 0 saturated carbocycles. The average Bonchev–Trinajstić information content (AvgIpc) is 3.56. The van der Waals surface area contributed by atoms with Crippen molar-refractivity contribution in [2.24, 2.45) is 0 Å². The summed E-state index contributed by atoms with van der Waals surface area (Å²) in [5.41, 5.74) is 0.759. The fraction of sp³-hybridized carbons (Fsp3) is 0.273. The predicted molar refractivity (Wildman–Crippen MR) is 109 cm³/mol. The lowest BCUT2D eigenvalue weighted by atomic mass is 10.1. The molecule has 0 spiro atoms. The van der Waals surface area contributed by atoms with Gasteiger partial charge < -0.3 is 14.3 Å². The van der Waals surface area contributed by atoms with Crippen molar-refractivity contribution in [2.45, 2.75) is 31.5 Å². The number of nitrogens with zero attached hydrogens (tertiary/aromatic N) is 6. The number of likely N-dealkylation sites (tertiary alicyclic amines) is 1. The maximum atomic E-state index is 13.5. The molecule has 1 unspecified atom stereocenters. The summed E-state index contributed by atoms with van der Waals surface area (Å²) in [5.74, 6) is -0.177. The van der Waals surface area contributed by atoms with Gasteiger partial charge in [-0.15, -0.1) is 0 Å². The molecule has 158 valence electrons. The van der Waals surface area contributed by atoms with E-state index in [0.29, 0.717) is 35.2 Å². The van der Waals surface area contributed by atoms with E-state index in [1.54, 1.807) is 47.1 Å². The number of pyridine rings is 1. The van der Waals surface area contributed by atoms with Gasteiger partial charge in [0.15, 0.2) is 5.69 Å². The average molecular weight is 428 g/mol. The van der Waals surface area contributed by atoms with Crippen molar-refractivity contribution in [3.63, 3.8) is 0 Å². The fourth-order valence-electron chi connectivity index (χ4n) is 5.17. The first-order chi connectivity index (χ1) is 15.5. The van der Waals surface area contributed by atoms with Crippen molar-refractivity contribution in [3.8, 4) is 6.07 Å². The Labute approximate surface area is 181 Å².